The second-order valence-electron chi connectivity index (χ2n) is 6.60. The van der Waals surface area contributed by atoms with Gasteiger partial charge in [-0.25, -0.2) is 0 Å². The van der Waals surface area contributed by atoms with Crippen molar-refractivity contribution in [3.8, 4) is 0 Å². The number of hydrogen-bond donors (Lipinski definition) is 2. The van der Waals surface area contributed by atoms with Crippen LogP contribution in [0.15, 0.2) is 4.99 Å². The van der Waals surface area contributed by atoms with E-state index < -0.39 is 0 Å². The smallest absolute Gasteiger partial charge is 0.221 e. The predicted molar refractivity (Wildman–Crippen MR) is 83.8 cm³/mol. The molecule has 5 nitrogen and oxygen atoms in total. The lowest BCUT2D eigenvalue weighted by Crippen LogP contribution is -2.72. The van der Waals surface area contributed by atoms with Gasteiger partial charge in [0, 0.05) is 44.1 Å². The quantitative estimate of drug-likeness (QED) is 0.595. The lowest BCUT2D eigenvalue weighted by molar-refractivity contribution is -0.120. The first-order valence-corrected chi connectivity index (χ1v) is 7.51. The van der Waals surface area contributed by atoms with E-state index in [4.69, 9.17) is 0 Å². The standard InChI is InChI=1S/C15H30N4O/c1-7-9-17-12(20)8-10-18-13(16-6)19-11-14(2,3)15(19,4)5/h7-11H2,1-6H3,(H,16,18)(H,17,20). The third-order valence-corrected chi connectivity index (χ3v) is 4.56. The Morgan fingerprint density at radius 2 is 1.85 bits per heavy atom. The van der Waals surface area contributed by atoms with Gasteiger partial charge in [0.2, 0.25) is 5.91 Å². The first-order chi connectivity index (χ1) is 9.26. The maximum atomic E-state index is 11.6. The first-order valence-electron chi connectivity index (χ1n) is 7.51. The molecule has 0 bridgehead atoms. The van der Waals surface area contributed by atoms with Crippen molar-refractivity contribution in [1.82, 2.24) is 15.5 Å². The largest absolute Gasteiger partial charge is 0.356 e. The molecule has 116 valence electrons. The van der Waals surface area contributed by atoms with Gasteiger partial charge in [0.05, 0.1) is 0 Å². The topological polar surface area (TPSA) is 56.7 Å². The van der Waals surface area contributed by atoms with Crippen LogP contribution < -0.4 is 10.6 Å². The summed E-state index contributed by atoms with van der Waals surface area (Å²) in [6, 6.07) is 0. The van der Waals surface area contributed by atoms with Crippen LogP contribution in [0.3, 0.4) is 0 Å². The Hall–Kier alpha value is -1.26. The van der Waals surface area contributed by atoms with Crippen LogP contribution >= 0.6 is 0 Å². The van der Waals surface area contributed by atoms with Crippen LogP contribution in [0.4, 0.5) is 0 Å². The van der Waals surface area contributed by atoms with Gasteiger partial charge in [-0.1, -0.05) is 20.8 Å². The Morgan fingerprint density at radius 1 is 1.20 bits per heavy atom. The maximum Gasteiger partial charge on any atom is 0.221 e. The SMILES string of the molecule is CCCNC(=O)CCNC(=NC)N1CC(C)(C)C1(C)C. The molecule has 0 aromatic carbocycles. The summed E-state index contributed by atoms with van der Waals surface area (Å²) in [5, 5.41) is 6.17. The number of nitrogens with zero attached hydrogens (tertiary/aromatic N) is 2. The van der Waals surface area contributed by atoms with Crippen molar-refractivity contribution in [3.05, 3.63) is 0 Å². The van der Waals surface area contributed by atoms with Gasteiger partial charge in [0.1, 0.15) is 0 Å². The number of carbonyl (C=O) groups is 1. The molecule has 0 aliphatic carbocycles. The fourth-order valence-electron chi connectivity index (χ4n) is 2.34. The van der Waals surface area contributed by atoms with E-state index in [1.807, 2.05) is 6.92 Å². The minimum absolute atomic E-state index is 0.0827. The van der Waals surface area contributed by atoms with E-state index >= 15 is 0 Å². The van der Waals surface area contributed by atoms with Crippen LogP contribution in [0.5, 0.6) is 0 Å². The summed E-state index contributed by atoms with van der Waals surface area (Å²) in [4.78, 5) is 18.2. The van der Waals surface area contributed by atoms with Crippen LogP contribution in [-0.2, 0) is 4.79 Å². The zero-order valence-electron chi connectivity index (χ0n) is 13.8. The van der Waals surface area contributed by atoms with Crippen LogP contribution in [0.2, 0.25) is 0 Å². The summed E-state index contributed by atoms with van der Waals surface area (Å²) >= 11 is 0. The molecule has 0 saturated carbocycles. The van der Waals surface area contributed by atoms with E-state index in [1.54, 1.807) is 7.05 Å². The third kappa shape index (κ3) is 3.44. The molecule has 1 amide bonds. The van der Waals surface area contributed by atoms with Gasteiger partial charge < -0.3 is 15.5 Å². The number of amides is 1. The van der Waals surface area contributed by atoms with Crippen molar-refractivity contribution in [1.29, 1.82) is 0 Å². The van der Waals surface area contributed by atoms with E-state index in [1.165, 1.54) is 0 Å². The number of nitrogens with one attached hydrogen (secondary N) is 2. The lowest BCUT2D eigenvalue weighted by Gasteiger charge is -2.62. The van der Waals surface area contributed by atoms with Gasteiger partial charge >= 0.3 is 0 Å². The molecule has 1 aliphatic rings. The molecule has 0 radical (unpaired) electrons. The minimum Gasteiger partial charge on any atom is -0.356 e. The average Bonchev–Trinajstić information content (AvgIpc) is 2.39. The number of aliphatic imine (C=N–C) groups is 1. The Bertz CT molecular complexity index is 374. The molecular formula is C15H30N4O. The highest BCUT2D eigenvalue weighted by Crippen LogP contribution is 2.46. The monoisotopic (exact) mass is 282 g/mol. The van der Waals surface area contributed by atoms with Crippen LogP contribution in [0.25, 0.3) is 0 Å². The molecule has 0 aromatic rings. The number of rotatable bonds is 5. The van der Waals surface area contributed by atoms with Gasteiger partial charge in [-0.05, 0) is 20.3 Å². The fraction of sp³-hybridized carbons (Fsp3) is 0.867. The highest BCUT2D eigenvalue weighted by molar-refractivity contribution is 5.83. The molecule has 1 saturated heterocycles. The summed E-state index contributed by atoms with van der Waals surface area (Å²) in [6.07, 6.45) is 1.45. The maximum absolute atomic E-state index is 11.6. The molecule has 0 aromatic heterocycles. The van der Waals surface area contributed by atoms with Gasteiger partial charge in [-0.15, -0.1) is 0 Å². The summed E-state index contributed by atoms with van der Waals surface area (Å²) in [6.45, 7) is 13.4. The first kappa shape index (κ1) is 16.8. The van der Waals surface area contributed by atoms with Crippen LogP contribution in [0.1, 0.15) is 47.5 Å². The molecule has 1 fully saturated rings. The Morgan fingerprint density at radius 3 is 2.30 bits per heavy atom. The second kappa shape index (κ2) is 6.46. The number of carbonyl (C=O) groups excluding carboxylic acids is 1. The summed E-state index contributed by atoms with van der Waals surface area (Å²) in [7, 11) is 1.79. The number of likely N-dealkylation sites (tertiary alicyclic amines) is 1. The molecule has 0 spiro atoms. The predicted octanol–water partition coefficient (Wildman–Crippen LogP) is 1.60. The van der Waals surface area contributed by atoms with E-state index in [9.17, 15) is 4.79 Å². The van der Waals surface area contributed by atoms with E-state index in [0.29, 0.717) is 13.0 Å². The van der Waals surface area contributed by atoms with Crippen molar-refractivity contribution in [2.75, 3.05) is 26.7 Å². The molecule has 0 unspecified atom stereocenters. The summed E-state index contributed by atoms with van der Waals surface area (Å²) < 4.78 is 0. The molecule has 1 heterocycles. The van der Waals surface area contributed by atoms with Gasteiger partial charge in [0.25, 0.3) is 0 Å². The zero-order chi connectivity index (χ0) is 15.4. The van der Waals surface area contributed by atoms with E-state index in [-0.39, 0.29) is 16.9 Å². The number of hydrogen-bond acceptors (Lipinski definition) is 2. The van der Waals surface area contributed by atoms with Crippen molar-refractivity contribution in [2.24, 2.45) is 10.4 Å². The van der Waals surface area contributed by atoms with Crippen LogP contribution in [-0.4, -0.2) is 49.0 Å². The Balaban J connectivity index is 2.41. The molecular weight excluding hydrogens is 252 g/mol. The highest BCUT2D eigenvalue weighted by Gasteiger charge is 2.53. The molecule has 1 rings (SSSR count). The van der Waals surface area contributed by atoms with Crippen molar-refractivity contribution < 1.29 is 4.79 Å². The highest BCUT2D eigenvalue weighted by atomic mass is 16.1. The van der Waals surface area contributed by atoms with Crippen molar-refractivity contribution >= 4 is 11.9 Å². The second-order valence-corrected chi connectivity index (χ2v) is 6.60. The average molecular weight is 282 g/mol. The molecule has 2 N–H and O–H groups in total. The number of guanidine groups is 1. The van der Waals surface area contributed by atoms with E-state index in [2.05, 4.69) is 48.2 Å². The lowest BCUT2D eigenvalue weighted by atomic mass is 9.65. The molecule has 20 heavy (non-hydrogen) atoms. The van der Waals surface area contributed by atoms with Gasteiger partial charge in [0.15, 0.2) is 5.96 Å². The minimum atomic E-state index is 0.0827. The van der Waals surface area contributed by atoms with E-state index in [0.717, 1.165) is 25.5 Å². The summed E-state index contributed by atoms with van der Waals surface area (Å²) in [5.74, 6) is 0.982. The van der Waals surface area contributed by atoms with Crippen LogP contribution in [0, 0.1) is 5.41 Å². The Labute approximate surface area is 123 Å². The van der Waals surface area contributed by atoms with Crippen molar-refractivity contribution in [2.45, 2.75) is 53.0 Å². The third-order valence-electron chi connectivity index (χ3n) is 4.56. The normalized spacial score (nSPS) is 20.3. The zero-order valence-corrected chi connectivity index (χ0v) is 13.8. The molecule has 5 heteroatoms. The molecule has 0 atom stereocenters. The van der Waals surface area contributed by atoms with Gasteiger partial charge in [-0.2, -0.15) is 0 Å². The summed E-state index contributed by atoms with van der Waals surface area (Å²) in [5.41, 5.74) is 0.364. The Kier molecular flexibility index (Phi) is 5.42. The molecule has 1 aliphatic heterocycles. The fourth-order valence-corrected chi connectivity index (χ4v) is 2.34. The van der Waals surface area contributed by atoms with Crippen molar-refractivity contribution in [3.63, 3.8) is 0 Å². The van der Waals surface area contributed by atoms with Gasteiger partial charge in [-0.3, -0.25) is 9.79 Å².